The topological polar surface area (TPSA) is 82.6 Å². The van der Waals surface area contributed by atoms with Crippen molar-refractivity contribution >= 4 is 39.9 Å². The van der Waals surface area contributed by atoms with Crippen LogP contribution >= 0.6 is 11.3 Å². The van der Waals surface area contributed by atoms with Crippen LogP contribution in [-0.4, -0.2) is 46.7 Å². The third-order valence-electron chi connectivity index (χ3n) is 5.27. The van der Waals surface area contributed by atoms with Crippen molar-refractivity contribution in [3.05, 3.63) is 40.4 Å². The molecule has 1 N–H and O–H groups in total. The van der Waals surface area contributed by atoms with Gasteiger partial charge in [0.25, 0.3) is 5.91 Å². The van der Waals surface area contributed by atoms with Crippen molar-refractivity contribution in [2.45, 2.75) is 39.2 Å². The molecule has 3 amide bonds. The third-order valence-corrected chi connectivity index (χ3v) is 6.19. The molecule has 0 radical (unpaired) electrons. The average molecular weight is 398 g/mol. The first kappa shape index (κ1) is 18.6. The number of aromatic nitrogens is 1. The zero-order valence-corrected chi connectivity index (χ0v) is 16.7. The second-order valence-corrected chi connectivity index (χ2v) is 8.22. The number of carbonyl (C=O) groups is 3. The summed E-state index contributed by atoms with van der Waals surface area (Å²) in [5.41, 5.74) is 1.92. The number of para-hydroxylation sites is 1. The lowest BCUT2D eigenvalue weighted by molar-refractivity contribution is -0.124. The highest BCUT2D eigenvalue weighted by molar-refractivity contribution is 7.15. The minimum atomic E-state index is -0.499. The molecule has 1 saturated heterocycles. The van der Waals surface area contributed by atoms with Gasteiger partial charge in [-0.1, -0.05) is 19.1 Å². The zero-order chi connectivity index (χ0) is 19.8. The smallest absolute Gasteiger partial charge is 0.256 e. The molecule has 8 heteroatoms. The molecule has 2 aromatic rings. The molecule has 1 aromatic heterocycles. The number of fused-ring (bicyclic) bond motifs is 2. The van der Waals surface area contributed by atoms with Crippen LogP contribution in [0.3, 0.4) is 0 Å². The Labute approximate surface area is 167 Å². The van der Waals surface area contributed by atoms with Gasteiger partial charge in [0.2, 0.25) is 11.8 Å². The Morgan fingerprint density at radius 2 is 2.11 bits per heavy atom. The van der Waals surface area contributed by atoms with Crippen LogP contribution in [0, 0.1) is 6.92 Å². The SMILES string of the molecule is CCc1nc(NC(=O)CN2C(=O)[C@H]3CCCN3C(=O)c3ccccc32)sc1C. The molecule has 1 fully saturated rings. The van der Waals surface area contributed by atoms with Crippen LogP contribution in [0.5, 0.6) is 0 Å². The average Bonchev–Trinajstić information content (AvgIpc) is 3.29. The number of aryl methyl sites for hydroxylation is 2. The monoisotopic (exact) mass is 398 g/mol. The molecule has 1 aromatic carbocycles. The number of anilines is 2. The number of rotatable bonds is 4. The molecule has 0 bridgehead atoms. The van der Waals surface area contributed by atoms with Crippen molar-refractivity contribution in [2.75, 3.05) is 23.3 Å². The van der Waals surface area contributed by atoms with E-state index in [2.05, 4.69) is 10.3 Å². The van der Waals surface area contributed by atoms with E-state index in [0.29, 0.717) is 29.3 Å². The van der Waals surface area contributed by atoms with E-state index in [-0.39, 0.29) is 24.3 Å². The summed E-state index contributed by atoms with van der Waals surface area (Å²) in [6.45, 7) is 4.42. The maximum absolute atomic E-state index is 13.2. The molecule has 0 unspecified atom stereocenters. The summed E-state index contributed by atoms with van der Waals surface area (Å²) in [5, 5.41) is 3.34. The minimum absolute atomic E-state index is 0.141. The normalized spacial score (nSPS) is 18.7. The van der Waals surface area contributed by atoms with Gasteiger partial charge in [-0.2, -0.15) is 0 Å². The highest BCUT2D eigenvalue weighted by atomic mass is 32.1. The second kappa shape index (κ2) is 7.35. The molecule has 2 aliphatic heterocycles. The highest BCUT2D eigenvalue weighted by Gasteiger charge is 2.42. The fourth-order valence-electron chi connectivity index (χ4n) is 3.88. The van der Waals surface area contributed by atoms with Crippen molar-refractivity contribution in [2.24, 2.45) is 0 Å². The molecule has 4 rings (SSSR count). The lowest BCUT2D eigenvalue weighted by atomic mass is 10.1. The van der Waals surface area contributed by atoms with Crippen LogP contribution in [0.1, 0.15) is 40.7 Å². The van der Waals surface area contributed by atoms with Gasteiger partial charge in [-0.15, -0.1) is 11.3 Å². The predicted octanol–water partition coefficient (Wildman–Crippen LogP) is 2.60. The molecular formula is C20H22N4O3S. The van der Waals surface area contributed by atoms with Gasteiger partial charge in [0.15, 0.2) is 5.13 Å². The van der Waals surface area contributed by atoms with E-state index in [0.717, 1.165) is 23.4 Å². The zero-order valence-electron chi connectivity index (χ0n) is 15.9. The Hall–Kier alpha value is -2.74. The van der Waals surface area contributed by atoms with Crippen molar-refractivity contribution in [3.63, 3.8) is 0 Å². The van der Waals surface area contributed by atoms with Crippen LogP contribution in [0.25, 0.3) is 0 Å². The summed E-state index contributed by atoms with van der Waals surface area (Å²) in [6, 6.07) is 6.50. The molecule has 0 saturated carbocycles. The number of hydrogen-bond donors (Lipinski definition) is 1. The first-order valence-electron chi connectivity index (χ1n) is 9.47. The Morgan fingerprint density at radius 3 is 2.86 bits per heavy atom. The number of carbonyl (C=O) groups excluding carboxylic acids is 3. The Kier molecular flexibility index (Phi) is 4.89. The van der Waals surface area contributed by atoms with E-state index in [1.54, 1.807) is 29.2 Å². The van der Waals surface area contributed by atoms with E-state index in [1.165, 1.54) is 16.2 Å². The summed E-state index contributed by atoms with van der Waals surface area (Å²) in [4.78, 5) is 47.3. The largest absolute Gasteiger partial charge is 0.327 e. The molecule has 1 atom stereocenters. The van der Waals surface area contributed by atoms with Crippen LogP contribution in [0.15, 0.2) is 24.3 Å². The lowest BCUT2D eigenvalue weighted by Crippen LogP contribution is -2.47. The van der Waals surface area contributed by atoms with E-state index < -0.39 is 6.04 Å². The van der Waals surface area contributed by atoms with Gasteiger partial charge >= 0.3 is 0 Å². The van der Waals surface area contributed by atoms with Crippen LogP contribution < -0.4 is 10.2 Å². The van der Waals surface area contributed by atoms with Gasteiger partial charge < -0.3 is 15.1 Å². The second-order valence-electron chi connectivity index (χ2n) is 7.02. The van der Waals surface area contributed by atoms with Crippen LogP contribution in [0.4, 0.5) is 10.8 Å². The number of nitrogens with one attached hydrogen (secondary N) is 1. The number of nitrogens with zero attached hydrogens (tertiary/aromatic N) is 3. The predicted molar refractivity (Wildman–Crippen MR) is 108 cm³/mol. The van der Waals surface area contributed by atoms with Gasteiger partial charge in [0, 0.05) is 11.4 Å². The molecular weight excluding hydrogens is 376 g/mol. The van der Waals surface area contributed by atoms with Crippen molar-refractivity contribution in [1.29, 1.82) is 0 Å². The van der Waals surface area contributed by atoms with Crippen LogP contribution in [-0.2, 0) is 16.0 Å². The van der Waals surface area contributed by atoms with Gasteiger partial charge in [-0.3, -0.25) is 14.4 Å². The highest BCUT2D eigenvalue weighted by Crippen LogP contribution is 2.32. The maximum Gasteiger partial charge on any atom is 0.256 e. The van der Waals surface area contributed by atoms with E-state index >= 15 is 0 Å². The first-order valence-corrected chi connectivity index (χ1v) is 10.3. The Bertz CT molecular complexity index is 955. The molecule has 0 spiro atoms. The molecule has 28 heavy (non-hydrogen) atoms. The van der Waals surface area contributed by atoms with Gasteiger partial charge in [0.1, 0.15) is 12.6 Å². The van der Waals surface area contributed by atoms with Crippen LogP contribution in [0.2, 0.25) is 0 Å². The Balaban J connectivity index is 1.61. The van der Waals surface area contributed by atoms with E-state index in [9.17, 15) is 14.4 Å². The van der Waals surface area contributed by atoms with E-state index in [4.69, 9.17) is 0 Å². The summed E-state index contributed by atoms with van der Waals surface area (Å²) in [7, 11) is 0. The Morgan fingerprint density at radius 1 is 1.32 bits per heavy atom. The number of thiazole rings is 1. The van der Waals surface area contributed by atoms with E-state index in [1.807, 2.05) is 13.8 Å². The molecule has 146 valence electrons. The summed E-state index contributed by atoms with van der Waals surface area (Å²) in [5.74, 6) is -0.661. The maximum atomic E-state index is 13.2. The van der Waals surface area contributed by atoms with Crippen molar-refractivity contribution in [3.8, 4) is 0 Å². The fraction of sp³-hybridized carbons (Fsp3) is 0.400. The van der Waals surface area contributed by atoms with Crippen molar-refractivity contribution < 1.29 is 14.4 Å². The number of benzene rings is 1. The number of hydrogen-bond acceptors (Lipinski definition) is 5. The molecule has 0 aliphatic carbocycles. The first-order chi connectivity index (χ1) is 13.5. The summed E-state index contributed by atoms with van der Waals surface area (Å²) in [6.07, 6.45) is 2.22. The number of amides is 3. The molecule has 2 aliphatic rings. The van der Waals surface area contributed by atoms with Gasteiger partial charge in [-0.05, 0) is 38.3 Å². The quantitative estimate of drug-likeness (QED) is 0.858. The van der Waals surface area contributed by atoms with Gasteiger partial charge in [0.05, 0.1) is 16.9 Å². The summed E-state index contributed by atoms with van der Waals surface area (Å²) < 4.78 is 0. The van der Waals surface area contributed by atoms with Crippen molar-refractivity contribution in [1.82, 2.24) is 9.88 Å². The minimum Gasteiger partial charge on any atom is -0.327 e. The molecule has 7 nitrogen and oxygen atoms in total. The van der Waals surface area contributed by atoms with Gasteiger partial charge in [-0.25, -0.2) is 4.98 Å². The summed E-state index contributed by atoms with van der Waals surface area (Å²) >= 11 is 1.43. The fourth-order valence-corrected chi connectivity index (χ4v) is 4.80. The molecule has 3 heterocycles. The lowest BCUT2D eigenvalue weighted by Gasteiger charge is -2.25. The third kappa shape index (κ3) is 3.17. The standard InChI is InChI=1S/C20H22N4O3S/c1-3-14-12(2)28-20(21-14)22-17(25)11-24-15-8-5-4-7-13(15)18(26)23-10-6-9-16(23)19(24)27/h4-5,7-8,16H,3,6,9-11H2,1-2H3,(H,21,22,25)/t16-/m1/s1.